The van der Waals surface area contributed by atoms with Crippen molar-refractivity contribution < 1.29 is 18.3 Å². The second-order valence-electron chi connectivity index (χ2n) is 3.43. The Labute approximate surface area is 102 Å². The first-order valence-electron chi connectivity index (χ1n) is 5.31. The lowest BCUT2D eigenvalue weighted by Crippen LogP contribution is -2.11. The number of halogens is 3. The van der Waals surface area contributed by atoms with Gasteiger partial charge in [0.1, 0.15) is 0 Å². The van der Waals surface area contributed by atoms with E-state index >= 15 is 0 Å². The molecule has 0 radical (unpaired) electrons. The van der Waals surface area contributed by atoms with Gasteiger partial charge < -0.3 is 5.11 Å². The number of nitrogens with zero attached hydrogens (tertiary/aromatic N) is 2. The molecule has 0 saturated carbocycles. The van der Waals surface area contributed by atoms with E-state index in [4.69, 9.17) is 5.11 Å². The first-order valence-corrected chi connectivity index (χ1v) is 6.46. The lowest BCUT2D eigenvalue weighted by atomic mass is 10.2. The lowest BCUT2D eigenvalue weighted by Gasteiger charge is -2.04. The van der Waals surface area contributed by atoms with Crippen LogP contribution in [0.1, 0.15) is 18.2 Å². The topological polar surface area (TPSA) is 38.0 Å². The van der Waals surface area contributed by atoms with Crippen LogP contribution in [0.5, 0.6) is 0 Å². The van der Waals surface area contributed by atoms with E-state index in [0.29, 0.717) is 6.54 Å². The summed E-state index contributed by atoms with van der Waals surface area (Å²) in [4.78, 5) is 0. The molecule has 1 N–H and O–H groups in total. The van der Waals surface area contributed by atoms with Gasteiger partial charge in [0.25, 0.3) is 0 Å². The molecule has 0 spiro atoms. The number of hydrogen-bond donors (Lipinski definition) is 1. The van der Waals surface area contributed by atoms with Crippen molar-refractivity contribution in [1.82, 2.24) is 9.78 Å². The molecule has 1 aromatic heterocycles. The van der Waals surface area contributed by atoms with Crippen molar-refractivity contribution in [2.45, 2.75) is 26.1 Å². The molecule has 3 nitrogen and oxygen atoms in total. The Balaban J connectivity index is 2.80. The van der Waals surface area contributed by atoms with Gasteiger partial charge in [0.2, 0.25) is 0 Å². The van der Waals surface area contributed by atoms with Gasteiger partial charge in [0.05, 0.1) is 0 Å². The van der Waals surface area contributed by atoms with Crippen LogP contribution >= 0.6 is 11.8 Å². The predicted molar refractivity (Wildman–Crippen MR) is 61.0 cm³/mol. The number of aromatic nitrogens is 2. The lowest BCUT2D eigenvalue weighted by molar-refractivity contribution is -0.142. The Kier molecular flexibility index (Phi) is 5.32. The van der Waals surface area contributed by atoms with Gasteiger partial charge in [-0.1, -0.05) is 6.92 Å². The maximum atomic E-state index is 12.6. The molecule has 1 aromatic rings. The van der Waals surface area contributed by atoms with Crippen LogP contribution in [0.3, 0.4) is 0 Å². The second-order valence-corrected chi connectivity index (χ2v) is 4.83. The number of aliphatic hydroxyl groups excluding tert-OH is 1. The molecule has 1 rings (SSSR count). The van der Waals surface area contributed by atoms with E-state index < -0.39 is 11.9 Å². The molecular formula is C10H15F3N2OS. The molecule has 0 unspecified atom stereocenters. The highest BCUT2D eigenvalue weighted by molar-refractivity contribution is 7.99. The van der Waals surface area contributed by atoms with Crippen LogP contribution < -0.4 is 0 Å². The molecule has 0 amide bonds. The van der Waals surface area contributed by atoms with E-state index in [9.17, 15) is 13.2 Å². The number of aliphatic hydroxyl groups is 1. The average molecular weight is 268 g/mol. The third kappa shape index (κ3) is 4.23. The van der Waals surface area contributed by atoms with E-state index in [1.807, 2.05) is 6.92 Å². The molecule has 0 aliphatic rings. The number of rotatable bonds is 6. The van der Waals surface area contributed by atoms with Crippen molar-refractivity contribution in [2.24, 2.45) is 0 Å². The summed E-state index contributed by atoms with van der Waals surface area (Å²) < 4.78 is 39.1. The van der Waals surface area contributed by atoms with Crippen LogP contribution in [0.4, 0.5) is 13.2 Å². The standard InChI is InChI=1S/C10H15F3N2OS/c1-2-17-6-4-15-7-8(3-5-16)9(14-15)10(11,12)13/h7,16H,2-6H2,1H3. The van der Waals surface area contributed by atoms with Gasteiger partial charge in [-0.05, 0) is 12.2 Å². The SMILES string of the molecule is CCSCCn1cc(CCO)c(C(F)(F)F)n1. The molecule has 1 heterocycles. The zero-order chi connectivity index (χ0) is 12.9. The third-order valence-electron chi connectivity index (χ3n) is 2.16. The molecule has 0 aliphatic heterocycles. The van der Waals surface area contributed by atoms with Crippen molar-refractivity contribution in [3.63, 3.8) is 0 Å². The summed E-state index contributed by atoms with van der Waals surface area (Å²) in [5, 5.41) is 12.3. The summed E-state index contributed by atoms with van der Waals surface area (Å²) in [6.45, 7) is 2.14. The quantitative estimate of drug-likeness (QED) is 0.804. The van der Waals surface area contributed by atoms with Crippen LogP contribution in [0, 0.1) is 0 Å². The fourth-order valence-electron chi connectivity index (χ4n) is 1.42. The number of hydrogen-bond acceptors (Lipinski definition) is 3. The molecule has 0 bridgehead atoms. The minimum atomic E-state index is -4.45. The van der Waals surface area contributed by atoms with Gasteiger partial charge in [-0.25, -0.2) is 0 Å². The maximum Gasteiger partial charge on any atom is 0.435 e. The van der Waals surface area contributed by atoms with Gasteiger partial charge >= 0.3 is 6.18 Å². The molecule has 98 valence electrons. The summed E-state index contributed by atoms with van der Waals surface area (Å²) >= 11 is 1.65. The van der Waals surface area contributed by atoms with Crippen LogP contribution in [-0.2, 0) is 19.1 Å². The molecule has 0 fully saturated rings. The first kappa shape index (κ1) is 14.4. The zero-order valence-corrected chi connectivity index (χ0v) is 10.3. The average Bonchev–Trinajstić information content (AvgIpc) is 2.62. The minimum Gasteiger partial charge on any atom is -0.396 e. The van der Waals surface area contributed by atoms with Crippen LogP contribution in [0.25, 0.3) is 0 Å². The molecule has 0 saturated heterocycles. The number of aryl methyl sites for hydroxylation is 1. The summed E-state index contributed by atoms with van der Waals surface area (Å²) in [6.07, 6.45) is -3.10. The van der Waals surface area contributed by atoms with Crippen LogP contribution in [-0.4, -0.2) is 33.0 Å². The van der Waals surface area contributed by atoms with Crippen molar-refractivity contribution in [3.05, 3.63) is 17.5 Å². The molecule has 0 atom stereocenters. The highest BCUT2D eigenvalue weighted by atomic mass is 32.2. The molecular weight excluding hydrogens is 253 g/mol. The fraction of sp³-hybridized carbons (Fsp3) is 0.700. The monoisotopic (exact) mass is 268 g/mol. The molecule has 0 aromatic carbocycles. The number of alkyl halides is 3. The van der Waals surface area contributed by atoms with Crippen LogP contribution in [0.15, 0.2) is 6.20 Å². The Morgan fingerprint density at radius 2 is 2.18 bits per heavy atom. The van der Waals surface area contributed by atoms with E-state index in [-0.39, 0.29) is 18.6 Å². The fourth-order valence-corrected chi connectivity index (χ4v) is 2.03. The van der Waals surface area contributed by atoms with E-state index in [2.05, 4.69) is 5.10 Å². The highest BCUT2D eigenvalue weighted by Crippen LogP contribution is 2.30. The summed E-state index contributed by atoms with van der Waals surface area (Å²) in [5.41, 5.74) is -0.824. The van der Waals surface area contributed by atoms with E-state index in [0.717, 1.165) is 11.5 Å². The van der Waals surface area contributed by atoms with E-state index in [1.54, 1.807) is 11.8 Å². The van der Waals surface area contributed by atoms with E-state index in [1.165, 1.54) is 10.9 Å². The Bertz CT molecular complexity index is 352. The summed E-state index contributed by atoms with van der Waals surface area (Å²) in [6, 6.07) is 0. The zero-order valence-electron chi connectivity index (χ0n) is 9.50. The van der Waals surface area contributed by atoms with Crippen molar-refractivity contribution in [2.75, 3.05) is 18.1 Å². The Morgan fingerprint density at radius 1 is 1.47 bits per heavy atom. The predicted octanol–water partition coefficient (Wildman–Crippen LogP) is 2.19. The Morgan fingerprint density at radius 3 is 2.71 bits per heavy atom. The molecule has 17 heavy (non-hydrogen) atoms. The van der Waals surface area contributed by atoms with Crippen molar-refractivity contribution in [3.8, 4) is 0 Å². The second kappa shape index (κ2) is 6.30. The summed E-state index contributed by atoms with van der Waals surface area (Å²) in [7, 11) is 0. The third-order valence-corrected chi connectivity index (χ3v) is 3.04. The molecule has 7 heteroatoms. The van der Waals surface area contributed by atoms with Gasteiger partial charge in [0.15, 0.2) is 5.69 Å². The largest absolute Gasteiger partial charge is 0.435 e. The van der Waals surface area contributed by atoms with Gasteiger partial charge in [-0.2, -0.15) is 30.0 Å². The maximum absolute atomic E-state index is 12.6. The smallest absolute Gasteiger partial charge is 0.396 e. The Hall–Kier alpha value is -0.690. The summed E-state index contributed by atoms with van der Waals surface area (Å²) in [5.74, 6) is 1.66. The normalized spacial score (nSPS) is 12.1. The van der Waals surface area contributed by atoms with Crippen molar-refractivity contribution in [1.29, 1.82) is 0 Å². The minimum absolute atomic E-state index is 0.0181. The molecule has 0 aliphatic carbocycles. The highest BCUT2D eigenvalue weighted by Gasteiger charge is 2.36. The van der Waals surface area contributed by atoms with Gasteiger partial charge in [0, 0.05) is 30.7 Å². The van der Waals surface area contributed by atoms with Gasteiger partial charge in [-0.15, -0.1) is 0 Å². The van der Waals surface area contributed by atoms with Crippen LogP contribution in [0.2, 0.25) is 0 Å². The van der Waals surface area contributed by atoms with Crippen molar-refractivity contribution >= 4 is 11.8 Å². The first-order chi connectivity index (χ1) is 7.99. The number of thioether (sulfide) groups is 1. The van der Waals surface area contributed by atoms with Gasteiger partial charge in [-0.3, -0.25) is 4.68 Å².